The smallest absolute Gasteiger partial charge is 0.0779 e. The predicted octanol–water partition coefficient (Wildman–Crippen LogP) is 1.94. The third-order valence-electron chi connectivity index (χ3n) is 1.62. The van der Waals surface area contributed by atoms with E-state index in [0.717, 1.165) is 30.4 Å². The van der Waals surface area contributed by atoms with Crippen molar-refractivity contribution in [3.63, 3.8) is 0 Å². The molecule has 0 aliphatic carbocycles. The van der Waals surface area contributed by atoms with Gasteiger partial charge >= 0.3 is 0 Å². The Kier molecular flexibility index (Phi) is 4.90. The monoisotopic (exact) mass is 171 g/mol. The lowest BCUT2D eigenvalue weighted by Crippen LogP contribution is -2.35. The van der Waals surface area contributed by atoms with Crippen LogP contribution in [-0.2, 0) is 0 Å². The first-order chi connectivity index (χ1) is 5.45. The number of hydrogen-bond donors (Lipinski definition) is 0. The first-order valence-corrected chi connectivity index (χ1v) is 4.51. The lowest BCUT2D eigenvalue weighted by atomic mass is 10.3. The maximum atomic E-state index is 7.30. The molecule has 0 aromatic carbocycles. The molecule has 0 bridgehead atoms. The van der Waals surface area contributed by atoms with E-state index in [2.05, 4.69) is 26.1 Å². The summed E-state index contributed by atoms with van der Waals surface area (Å²) in [4.78, 5) is 4.12. The van der Waals surface area contributed by atoms with Gasteiger partial charge in [-0.05, 0) is 19.4 Å². The SMILES string of the molecule is CCC([NH-])=NCCC[N+](C)(C)C. The van der Waals surface area contributed by atoms with Crippen LogP contribution in [0.1, 0.15) is 19.8 Å². The number of aliphatic imine (C=N–C) groups is 1. The van der Waals surface area contributed by atoms with Crippen LogP contribution in [0.4, 0.5) is 0 Å². The molecule has 0 aromatic heterocycles. The first kappa shape index (κ1) is 11.4. The average molecular weight is 171 g/mol. The van der Waals surface area contributed by atoms with Crippen LogP contribution in [0.2, 0.25) is 0 Å². The highest BCUT2D eigenvalue weighted by Crippen LogP contribution is 1.95. The van der Waals surface area contributed by atoms with Crippen molar-refractivity contribution in [1.82, 2.24) is 0 Å². The fourth-order valence-corrected chi connectivity index (χ4v) is 0.871. The molecule has 0 atom stereocenters. The Labute approximate surface area is 75.9 Å². The van der Waals surface area contributed by atoms with Crippen LogP contribution in [-0.4, -0.2) is 44.6 Å². The number of amidine groups is 1. The molecule has 0 unspecified atom stereocenters. The van der Waals surface area contributed by atoms with E-state index in [-0.39, 0.29) is 0 Å². The third kappa shape index (κ3) is 7.54. The van der Waals surface area contributed by atoms with Gasteiger partial charge in [-0.3, -0.25) is 0 Å². The van der Waals surface area contributed by atoms with Gasteiger partial charge in [-0.25, -0.2) is 0 Å². The Bertz CT molecular complexity index is 144. The van der Waals surface area contributed by atoms with Crippen LogP contribution in [0.3, 0.4) is 0 Å². The lowest BCUT2D eigenvalue weighted by Gasteiger charge is -2.24. The van der Waals surface area contributed by atoms with Crippen molar-refractivity contribution >= 4 is 5.84 Å². The summed E-state index contributed by atoms with van der Waals surface area (Å²) in [5.41, 5.74) is 7.30. The highest BCUT2D eigenvalue weighted by molar-refractivity contribution is 5.89. The highest BCUT2D eigenvalue weighted by atomic mass is 15.3. The summed E-state index contributed by atoms with van der Waals surface area (Å²) in [6, 6.07) is 0. The molecule has 12 heavy (non-hydrogen) atoms. The first-order valence-electron chi connectivity index (χ1n) is 4.51. The summed E-state index contributed by atoms with van der Waals surface area (Å²) in [7, 11) is 6.52. The molecule has 0 aliphatic heterocycles. The summed E-state index contributed by atoms with van der Waals surface area (Å²) < 4.78 is 0.981. The van der Waals surface area contributed by atoms with Crippen LogP contribution >= 0.6 is 0 Å². The summed E-state index contributed by atoms with van der Waals surface area (Å²) in [6.07, 6.45) is 1.83. The number of nitrogens with zero attached hydrogens (tertiary/aromatic N) is 2. The quantitative estimate of drug-likeness (QED) is 0.262. The average Bonchev–Trinajstić information content (AvgIpc) is 1.96. The Morgan fingerprint density at radius 3 is 2.33 bits per heavy atom. The molecule has 0 heterocycles. The molecular weight excluding hydrogens is 150 g/mol. The molecule has 0 rings (SSSR count). The van der Waals surface area contributed by atoms with Crippen LogP contribution in [0.15, 0.2) is 4.99 Å². The van der Waals surface area contributed by atoms with Crippen LogP contribution in [0.5, 0.6) is 0 Å². The van der Waals surface area contributed by atoms with Crippen molar-refractivity contribution in [3.8, 4) is 0 Å². The minimum Gasteiger partial charge on any atom is -0.486 e. The van der Waals surface area contributed by atoms with Crippen molar-refractivity contribution in [3.05, 3.63) is 5.73 Å². The molecule has 0 radical (unpaired) electrons. The van der Waals surface area contributed by atoms with Gasteiger partial charge in [0.2, 0.25) is 0 Å². The number of nitrogens with one attached hydrogen (secondary N) is 1. The minimum atomic E-state index is 0.524. The molecule has 72 valence electrons. The Balaban J connectivity index is 3.45. The molecule has 0 aromatic rings. The lowest BCUT2D eigenvalue weighted by molar-refractivity contribution is -0.870. The van der Waals surface area contributed by atoms with Gasteiger partial charge in [-0.1, -0.05) is 12.8 Å². The van der Waals surface area contributed by atoms with Crippen molar-refractivity contribution in [1.29, 1.82) is 0 Å². The largest absolute Gasteiger partial charge is 0.486 e. The van der Waals surface area contributed by atoms with Crippen LogP contribution in [0.25, 0.3) is 5.73 Å². The van der Waals surface area contributed by atoms with E-state index in [0.29, 0.717) is 5.84 Å². The molecule has 0 spiro atoms. The molecule has 3 heteroatoms. The fourth-order valence-electron chi connectivity index (χ4n) is 0.871. The molecule has 0 aliphatic rings. The summed E-state index contributed by atoms with van der Waals surface area (Å²) >= 11 is 0. The second-order valence-electron chi connectivity index (χ2n) is 4.05. The van der Waals surface area contributed by atoms with Gasteiger partial charge < -0.3 is 15.2 Å². The van der Waals surface area contributed by atoms with E-state index in [4.69, 9.17) is 5.73 Å². The summed E-state index contributed by atoms with van der Waals surface area (Å²) in [5, 5.41) is 0. The zero-order chi connectivity index (χ0) is 9.61. The summed E-state index contributed by atoms with van der Waals surface area (Å²) in [5.74, 6) is 0.524. The maximum Gasteiger partial charge on any atom is 0.0779 e. The standard InChI is InChI=1S/C9H21N3/c1-5-9(10)11-7-6-8-12(2,3)4/h5-8H2,1-4H3,(H-,10,11). The van der Waals surface area contributed by atoms with Gasteiger partial charge in [0.15, 0.2) is 0 Å². The van der Waals surface area contributed by atoms with Crippen LogP contribution < -0.4 is 0 Å². The van der Waals surface area contributed by atoms with E-state index in [1.165, 1.54) is 0 Å². The number of quaternary nitrogens is 1. The van der Waals surface area contributed by atoms with Crippen molar-refractivity contribution in [2.24, 2.45) is 4.99 Å². The molecule has 0 saturated carbocycles. The molecular formula is C9H21N3. The van der Waals surface area contributed by atoms with Gasteiger partial charge in [-0.15, -0.1) is 0 Å². The zero-order valence-corrected chi connectivity index (χ0v) is 8.72. The number of rotatable bonds is 5. The molecule has 3 nitrogen and oxygen atoms in total. The van der Waals surface area contributed by atoms with Crippen LogP contribution in [0, 0.1) is 0 Å². The second kappa shape index (κ2) is 5.14. The van der Waals surface area contributed by atoms with Crippen molar-refractivity contribution in [2.75, 3.05) is 34.2 Å². The topological polar surface area (TPSA) is 36.2 Å². The second-order valence-corrected chi connectivity index (χ2v) is 4.05. The van der Waals surface area contributed by atoms with Crippen molar-refractivity contribution in [2.45, 2.75) is 19.8 Å². The van der Waals surface area contributed by atoms with E-state index >= 15 is 0 Å². The minimum absolute atomic E-state index is 0.524. The highest BCUT2D eigenvalue weighted by Gasteiger charge is 2.03. The van der Waals surface area contributed by atoms with Gasteiger partial charge in [-0.2, -0.15) is 0 Å². The molecule has 0 saturated heterocycles. The zero-order valence-electron chi connectivity index (χ0n) is 8.72. The Hall–Kier alpha value is -0.570. The van der Waals surface area contributed by atoms with Gasteiger partial charge in [0, 0.05) is 0 Å². The van der Waals surface area contributed by atoms with E-state index < -0.39 is 0 Å². The molecule has 0 fully saturated rings. The van der Waals surface area contributed by atoms with Gasteiger partial charge in [0.1, 0.15) is 0 Å². The molecule has 0 amide bonds. The number of hydrogen-bond acceptors (Lipinski definition) is 1. The van der Waals surface area contributed by atoms with E-state index in [1.807, 2.05) is 6.92 Å². The normalized spacial score (nSPS) is 13.5. The van der Waals surface area contributed by atoms with Gasteiger partial charge in [0.25, 0.3) is 0 Å². The maximum absolute atomic E-state index is 7.30. The Morgan fingerprint density at radius 2 is 1.92 bits per heavy atom. The summed E-state index contributed by atoms with van der Waals surface area (Å²) in [6.45, 7) is 3.90. The molecule has 1 N–H and O–H groups in total. The third-order valence-corrected chi connectivity index (χ3v) is 1.62. The van der Waals surface area contributed by atoms with E-state index in [1.54, 1.807) is 0 Å². The Morgan fingerprint density at radius 1 is 1.33 bits per heavy atom. The fraction of sp³-hybridized carbons (Fsp3) is 0.889. The predicted molar refractivity (Wildman–Crippen MR) is 54.4 cm³/mol. The van der Waals surface area contributed by atoms with Crippen molar-refractivity contribution < 1.29 is 4.48 Å². The van der Waals surface area contributed by atoms with E-state index in [9.17, 15) is 0 Å². The van der Waals surface area contributed by atoms with Gasteiger partial charge in [0.05, 0.1) is 27.7 Å².